The average molecular weight is 521 g/mol. The number of hydrogen-bond donors (Lipinski definition) is 4. The van der Waals surface area contributed by atoms with Gasteiger partial charge in [-0.25, -0.2) is 10.3 Å². The number of carbonyl (C=O) groups is 3. The van der Waals surface area contributed by atoms with E-state index in [9.17, 15) is 19.5 Å². The molecule has 0 heterocycles. The van der Waals surface area contributed by atoms with Crippen LogP contribution >= 0.6 is 0 Å². The lowest BCUT2D eigenvalue weighted by Gasteiger charge is -2.27. The molecule has 2 atom stereocenters. The van der Waals surface area contributed by atoms with Crippen LogP contribution < -0.4 is 20.3 Å². The summed E-state index contributed by atoms with van der Waals surface area (Å²) in [6.45, 7) is 1.19. The predicted molar refractivity (Wildman–Crippen MR) is 138 cm³/mol. The molecule has 0 aliphatic rings. The van der Waals surface area contributed by atoms with Crippen LogP contribution in [0.1, 0.15) is 28.9 Å². The summed E-state index contributed by atoms with van der Waals surface area (Å²) in [5.41, 5.74) is 2.79. The number of rotatable bonds is 12. The van der Waals surface area contributed by atoms with Gasteiger partial charge in [0.1, 0.15) is 18.1 Å². The summed E-state index contributed by atoms with van der Waals surface area (Å²) < 4.78 is 17.5. The van der Waals surface area contributed by atoms with Crippen molar-refractivity contribution in [3.8, 4) is 11.5 Å². The number of Topliss-reactive ketones (excluding diaryl/α,β-unsaturated/α-hetero) is 1. The molecule has 0 fully saturated rings. The van der Waals surface area contributed by atoms with E-state index in [1.54, 1.807) is 78.9 Å². The van der Waals surface area contributed by atoms with Crippen molar-refractivity contribution >= 4 is 23.5 Å². The maximum absolute atomic E-state index is 13.0. The largest absolute Gasteiger partial charge is 0.491 e. The van der Waals surface area contributed by atoms with E-state index in [1.807, 2.05) is 0 Å². The number of aliphatic hydroxyl groups excluding tert-OH is 1. The second kappa shape index (κ2) is 14.2. The minimum Gasteiger partial charge on any atom is -0.491 e. The van der Waals surface area contributed by atoms with E-state index >= 15 is 0 Å². The summed E-state index contributed by atoms with van der Waals surface area (Å²) in [5, 5.41) is 20.8. The highest BCUT2D eigenvalue weighted by atomic mass is 16.6. The van der Waals surface area contributed by atoms with Crippen molar-refractivity contribution < 1.29 is 38.9 Å². The number of anilines is 1. The first-order valence-corrected chi connectivity index (χ1v) is 11.7. The van der Waals surface area contributed by atoms with E-state index in [0.717, 1.165) is 6.08 Å². The van der Waals surface area contributed by atoms with Crippen molar-refractivity contribution in [2.24, 2.45) is 0 Å². The maximum Gasteiger partial charge on any atom is 0.412 e. The second-order valence-corrected chi connectivity index (χ2v) is 7.93. The van der Waals surface area contributed by atoms with E-state index in [2.05, 4.69) is 5.32 Å². The molecule has 10 heteroatoms. The van der Waals surface area contributed by atoms with Gasteiger partial charge in [0.25, 0.3) is 5.91 Å². The van der Waals surface area contributed by atoms with Gasteiger partial charge in [0.05, 0.1) is 6.61 Å². The zero-order valence-corrected chi connectivity index (χ0v) is 20.6. The quantitative estimate of drug-likeness (QED) is 0.121. The summed E-state index contributed by atoms with van der Waals surface area (Å²) in [6, 6.07) is 21.7. The number of aliphatic hydroxyl groups is 1. The van der Waals surface area contributed by atoms with Crippen LogP contribution in [0.15, 0.2) is 91.0 Å². The first-order chi connectivity index (χ1) is 18.4. The van der Waals surface area contributed by atoms with Gasteiger partial charge in [-0.05, 0) is 55.5 Å². The van der Waals surface area contributed by atoms with Crippen molar-refractivity contribution in [1.82, 2.24) is 5.48 Å². The van der Waals surface area contributed by atoms with Crippen LogP contribution in [-0.4, -0.2) is 47.4 Å². The molecule has 38 heavy (non-hydrogen) atoms. The van der Waals surface area contributed by atoms with E-state index in [4.69, 9.17) is 19.4 Å². The van der Waals surface area contributed by atoms with Gasteiger partial charge in [-0.2, -0.15) is 0 Å². The molecule has 0 saturated heterocycles. The number of ether oxygens (including phenoxy) is 3. The minimum absolute atomic E-state index is 0.00854. The molecular weight excluding hydrogens is 492 g/mol. The standard InChI is InChI=1S/C28H28N2O8/c1-19(32)20-11-13-21(14-12-20)29-28(34)38-27(23-9-5-6-10-24(23)36-18-17-31)25(15-16-26(33)30-35)37-22-7-3-2-4-8-22/h2-16,25,27,31,35H,17-18H2,1H3,(H,29,34)(H,30,33)/b16-15+/t25-,27-/m0/s1. The van der Waals surface area contributed by atoms with Crippen LogP contribution in [0.3, 0.4) is 0 Å². The molecule has 0 spiro atoms. The Balaban J connectivity index is 1.97. The van der Waals surface area contributed by atoms with Gasteiger partial charge in [0, 0.05) is 22.9 Å². The molecule has 0 aliphatic carbocycles. The van der Waals surface area contributed by atoms with Gasteiger partial charge in [-0.3, -0.25) is 20.1 Å². The number of amides is 2. The number of ketones is 1. The van der Waals surface area contributed by atoms with Crippen molar-refractivity contribution in [1.29, 1.82) is 0 Å². The molecule has 10 nitrogen and oxygen atoms in total. The van der Waals surface area contributed by atoms with Crippen LogP contribution in [-0.2, 0) is 9.53 Å². The fourth-order valence-electron chi connectivity index (χ4n) is 3.44. The first-order valence-electron chi connectivity index (χ1n) is 11.7. The third kappa shape index (κ3) is 8.19. The molecule has 0 radical (unpaired) electrons. The normalized spacial score (nSPS) is 12.3. The maximum atomic E-state index is 13.0. The van der Waals surface area contributed by atoms with Crippen LogP contribution in [0.5, 0.6) is 11.5 Å². The zero-order valence-electron chi connectivity index (χ0n) is 20.6. The molecule has 3 aromatic rings. The highest BCUT2D eigenvalue weighted by Gasteiger charge is 2.30. The molecule has 0 saturated carbocycles. The zero-order chi connectivity index (χ0) is 27.3. The van der Waals surface area contributed by atoms with Crippen LogP contribution in [0.4, 0.5) is 10.5 Å². The van der Waals surface area contributed by atoms with Crippen LogP contribution in [0.2, 0.25) is 0 Å². The lowest BCUT2D eigenvalue weighted by atomic mass is 10.0. The topological polar surface area (TPSA) is 143 Å². The number of nitrogens with one attached hydrogen (secondary N) is 2. The number of para-hydroxylation sites is 2. The molecule has 0 bridgehead atoms. The third-order valence-corrected chi connectivity index (χ3v) is 5.21. The number of benzene rings is 3. The molecule has 3 aromatic carbocycles. The number of carbonyl (C=O) groups excluding carboxylic acids is 3. The van der Waals surface area contributed by atoms with Crippen molar-refractivity contribution in [3.05, 3.63) is 102 Å². The third-order valence-electron chi connectivity index (χ3n) is 5.21. The van der Waals surface area contributed by atoms with Gasteiger partial charge in [0.15, 0.2) is 18.0 Å². The highest BCUT2D eigenvalue weighted by molar-refractivity contribution is 5.95. The summed E-state index contributed by atoms with van der Waals surface area (Å²) in [5.74, 6) is -0.176. The Kier molecular flexibility index (Phi) is 10.4. The lowest BCUT2D eigenvalue weighted by Crippen LogP contribution is -2.30. The fraction of sp³-hybridized carbons (Fsp3) is 0.179. The molecule has 0 aliphatic heterocycles. The van der Waals surface area contributed by atoms with Gasteiger partial charge in [0.2, 0.25) is 0 Å². The first kappa shape index (κ1) is 27.9. The monoisotopic (exact) mass is 520 g/mol. The molecule has 3 rings (SSSR count). The van der Waals surface area contributed by atoms with Crippen molar-refractivity contribution in [2.45, 2.75) is 19.1 Å². The Hall–Kier alpha value is -4.67. The minimum atomic E-state index is -1.15. The highest BCUT2D eigenvalue weighted by Crippen LogP contribution is 2.33. The summed E-state index contributed by atoms with van der Waals surface area (Å²) >= 11 is 0. The molecule has 0 unspecified atom stereocenters. The second-order valence-electron chi connectivity index (χ2n) is 7.93. The Morgan fingerprint density at radius 1 is 0.947 bits per heavy atom. The summed E-state index contributed by atoms with van der Waals surface area (Å²) in [7, 11) is 0. The van der Waals surface area contributed by atoms with E-state index in [1.165, 1.54) is 18.5 Å². The molecule has 4 N–H and O–H groups in total. The Morgan fingerprint density at radius 2 is 1.63 bits per heavy atom. The van der Waals surface area contributed by atoms with Crippen LogP contribution in [0, 0.1) is 0 Å². The molecular formula is C28H28N2O8. The number of hydrogen-bond acceptors (Lipinski definition) is 8. The summed E-state index contributed by atoms with van der Waals surface area (Å²) in [4.78, 5) is 36.3. The molecule has 2 amide bonds. The fourth-order valence-corrected chi connectivity index (χ4v) is 3.44. The van der Waals surface area contributed by atoms with E-state index in [0.29, 0.717) is 28.3 Å². The Bertz CT molecular complexity index is 1250. The van der Waals surface area contributed by atoms with E-state index < -0.39 is 24.2 Å². The Labute approximate surface area is 219 Å². The predicted octanol–water partition coefficient (Wildman–Crippen LogP) is 4.06. The van der Waals surface area contributed by atoms with Crippen molar-refractivity contribution in [2.75, 3.05) is 18.5 Å². The number of hydroxylamine groups is 1. The van der Waals surface area contributed by atoms with Crippen molar-refractivity contribution in [3.63, 3.8) is 0 Å². The van der Waals surface area contributed by atoms with Gasteiger partial charge in [-0.15, -0.1) is 0 Å². The molecule has 198 valence electrons. The lowest BCUT2D eigenvalue weighted by molar-refractivity contribution is -0.124. The average Bonchev–Trinajstić information content (AvgIpc) is 2.93. The van der Waals surface area contributed by atoms with Gasteiger partial charge in [-0.1, -0.05) is 36.4 Å². The molecule has 0 aromatic heterocycles. The van der Waals surface area contributed by atoms with Gasteiger partial charge >= 0.3 is 6.09 Å². The van der Waals surface area contributed by atoms with E-state index in [-0.39, 0.29) is 19.0 Å². The van der Waals surface area contributed by atoms with Crippen LogP contribution in [0.25, 0.3) is 0 Å². The summed E-state index contributed by atoms with van der Waals surface area (Å²) in [6.07, 6.45) is -0.673. The SMILES string of the molecule is CC(=O)c1ccc(NC(=O)O[C@@H](c2ccccc2OCCO)[C@H](/C=C/C(=O)NO)Oc2ccccc2)cc1. The smallest absolute Gasteiger partial charge is 0.412 e. The Morgan fingerprint density at radius 3 is 2.29 bits per heavy atom. The van der Waals surface area contributed by atoms with Gasteiger partial charge < -0.3 is 19.3 Å².